The van der Waals surface area contributed by atoms with Crippen LogP contribution in [-0.2, 0) is 20.7 Å². The minimum atomic E-state index is -0.554. The monoisotopic (exact) mass is 685 g/mol. The number of hydrogen-bond donors (Lipinski definition) is 1. The van der Waals surface area contributed by atoms with Gasteiger partial charge in [0.2, 0.25) is 0 Å². The Bertz CT molecular complexity index is 1900. The predicted octanol–water partition coefficient (Wildman–Crippen LogP) is 6.47. The molecule has 254 valence electrons. The number of hydrogen-bond acceptors (Lipinski definition) is 9. The molecule has 0 saturated carbocycles. The normalized spacial score (nSPS) is 10.6. The highest BCUT2D eigenvalue weighted by Gasteiger charge is 2.21. The summed E-state index contributed by atoms with van der Waals surface area (Å²) in [4.78, 5) is 69.3. The maximum absolute atomic E-state index is 13.6. The highest BCUT2D eigenvalue weighted by molar-refractivity contribution is 6.32. The van der Waals surface area contributed by atoms with Crippen molar-refractivity contribution >= 4 is 47.0 Å². The third-order valence-electron chi connectivity index (χ3n) is 7.54. The van der Waals surface area contributed by atoms with Crippen LogP contribution in [0.4, 0.5) is 5.69 Å². The molecule has 1 aromatic heterocycles. The van der Waals surface area contributed by atoms with Gasteiger partial charge in [-0.15, -0.1) is 0 Å². The Balaban J connectivity index is 1.49. The van der Waals surface area contributed by atoms with Crippen molar-refractivity contribution in [3.8, 4) is 17.0 Å². The summed E-state index contributed by atoms with van der Waals surface area (Å²) in [6.07, 6.45) is 0.913. The van der Waals surface area contributed by atoms with Gasteiger partial charge in [0.1, 0.15) is 0 Å². The van der Waals surface area contributed by atoms with Gasteiger partial charge in [-0.1, -0.05) is 29.8 Å². The predicted molar refractivity (Wildman–Crippen MR) is 184 cm³/mol. The van der Waals surface area contributed by atoms with Crippen LogP contribution in [0, 0.1) is 13.8 Å². The zero-order valence-electron chi connectivity index (χ0n) is 28.0. The number of aromatic nitrogens is 1. The van der Waals surface area contributed by atoms with Gasteiger partial charge in [-0.2, -0.15) is 0 Å². The first-order chi connectivity index (χ1) is 23.3. The van der Waals surface area contributed by atoms with Crippen LogP contribution in [-0.4, -0.2) is 67.9 Å². The molecule has 0 unspecified atom stereocenters. The van der Waals surface area contributed by atoms with E-state index in [9.17, 15) is 24.0 Å². The summed E-state index contributed by atoms with van der Waals surface area (Å²) in [6.45, 7) is 3.48. The number of aryl methyl sites for hydroxylation is 3. The smallest absolute Gasteiger partial charge is 0.337 e. The number of halogens is 1. The van der Waals surface area contributed by atoms with Gasteiger partial charge in [0.05, 0.1) is 52.9 Å². The van der Waals surface area contributed by atoms with Crippen LogP contribution in [0.3, 0.4) is 0 Å². The lowest BCUT2D eigenvalue weighted by atomic mass is 10.0. The van der Waals surface area contributed by atoms with E-state index in [0.717, 1.165) is 5.56 Å². The lowest BCUT2D eigenvalue weighted by Crippen LogP contribution is -2.24. The Morgan fingerprint density at radius 3 is 2.12 bits per heavy atom. The van der Waals surface area contributed by atoms with Crippen molar-refractivity contribution in [2.45, 2.75) is 33.1 Å². The first-order valence-corrected chi connectivity index (χ1v) is 15.6. The number of anilines is 1. The molecule has 4 aromatic rings. The quantitative estimate of drug-likeness (QED) is 0.139. The van der Waals surface area contributed by atoms with E-state index in [1.165, 1.54) is 31.3 Å². The first kappa shape index (κ1) is 36.3. The van der Waals surface area contributed by atoms with Crippen LogP contribution in [0.5, 0.6) is 5.75 Å². The lowest BCUT2D eigenvalue weighted by Gasteiger charge is -2.17. The van der Waals surface area contributed by atoms with Crippen LogP contribution in [0.1, 0.15) is 71.1 Å². The SMILES string of the molecule is COC(=O)c1ccc(-c2nc(C)ccc2C(=O)Nc2ccc(CCCC(=O)Oc3c(C)cc(C(=O)OC)cc3Cl)cc2C(=O)N(C)C)cc1. The molecular weight excluding hydrogens is 650 g/mol. The molecule has 11 nitrogen and oxygen atoms in total. The number of benzene rings is 3. The fraction of sp³-hybridized carbons (Fsp3) is 0.243. The molecule has 0 saturated heterocycles. The van der Waals surface area contributed by atoms with Crippen molar-refractivity contribution in [2.24, 2.45) is 0 Å². The second-order valence-corrected chi connectivity index (χ2v) is 11.8. The molecule has 0 spiro atoms. The van der Waals surface area contributed by atoms with Gasteiger partial charge >= 0.3 is 17.9 Å². The number of amides is 2. The van der Waals surface area contributed by atoms with Crippen LogP contribution in [0.25, 0.3) is 11.3 Å². The third kappa shape index (κ3) is 8.88. The molecule has 0 aliphatic rings. The molecule has 0 bridgehead atoms. The van der Waals surface area contributed by atoms with E-state index in [1.807, 2.05) is 0 Å². The molecule has 0 atom stereocenters. The fourth-order valence-corrected chi connectivity index (χ4v) is 5.31. The summed E-state index contributed by atoms with van der Waals surface area (Å²) >= 11 is 6.27. The molecule has 49 heavy (non-hydrogen) atoms. The number of methoxy groups -OCH3 is 2. The molecule has 0 fully saturated rings. The van der Waals surface area contributed by atoms with E-state index in [-0.39, 0.29) is 39.8 Å². The van der Waals surface area contributed by atoms with Crippen molar-refractivity contribution in [3.05, 3.63) is 111 Å². The summed E-state index contributed by atoms with van der Waals surface area (Å²) in [5.74, 6) is -2.17. The van der Waals surface area contributed by atoms with E-state index >= 15 is 0 Å². The standard InChI is InChI=1S/C37H36ClN3O8/c1-21-18-26(37(46)48-6)20-29(38)33(21)49-31(42)9-7-8-23-11-17-30(28(19-23)35(44)41(3)4)40-34(43)27-16-10-22(2)39-32(27)24-12-14-25(15-13-24)36(45)47-5/h10-20H,7-9H2,1-6H3,(H,40,43). The highest BCUT2D eigenvalue weighted by atomic mass is 35.5. The second kappa shape index (κ2) is 16.0. The zero-order chi connectivity index (χ0) is 35.8. The van der Waals surface area contributed by atoms with Crippen molar-refractivity contribution < 1.29 is 38.2 Å². The van der Waals surface area contributed by atoms with Crippen molar-refractivity contribution in [3.63, 3.8) is 0 Å². The summed E-state index contributed by atoms with van der Waals surface area (Å²) in [5.41, 5.74) is 4.47. The van der Waals surface area contributed by atoms with E-state index in [1.54, 1.807) is 82.5 Å². The summed E-state index contributed by atoms with van der Waals surface area (Å²) < 4.78 is 15.0. The van der Waals surface area contributed by atoms with Gasteiger partial charge in [-0.3, -0.25) is 19.4 Å². The number of esters is 3. The number of carbonyl (C=O) groups excluding carboxylic acids is 5. The molecule has 0 aliphatic carbocycles. The van der Waals surface area contributed by atoms with E-state index in [4.69, 9.17) is 25.8 Å². The number of pyridine rings is 1. The van der Waals surface area contributed by atoms with Gasteiger partial charge < -0.3 is 24.4 Å². The van der Waals surface area contributed by atoms with Gasteiger partial charge in [-0.25, -0.2) is 9.59 Å². The fourth-order valence-electron chi connectivity index (χ4n) is 5.00. The Morgan fingerprint density at radius 1 is 0.816 bits per heavy atom. The maximum atomic E-state index is 13.6. The minimum Gasteiger partial charge on any atom is -0.465 e. The molecule has 3 aromatic carbocycles. The van der Waals surface area contributed by atoms with Crippen LogP contribution < -0.4 is 10.1 Å². The molecule has 4 rings (SSSR count). The second-order valence-electron chi connectivity index (χ2n) is 11.4. The number of nitrogens with zero attached hydrogens (tertiary/aromatic N) is 2. The van der Waals surface area contributed by atoms with Crippen LogP contribution in [0.15, 0.2) is 66.7 Å². The van der Waals surface area contributed by atoms with Crippen molar-refractivity contribution in [1.29, 1.82) is 0 Å². The molecule has 0 aliphatic heterocycles. The Morgan fingerprint density at radius 2 is 1.49 bits per heavy atom. The average molecular weight is 686 g/mol. The van der Waals surface area contributed by atoms with Crippen LogP contribution in [0.2, 0.25) is 5.02 Å². The molecule has 1 N–H and O–H groups in total. The first-order valence-electron chi connectivity index (χ1n) is 15.2. The van der Waals surface area contributed by atoms with Gasteiger partial charge in [0.25, 0.3) is 11.8 Å². The Hall–Kier alpha value is -5.55. The summed E-state index contributed by atoms with van der Waals surface area (Å²) in [5, 5.41) is 2.98. The zero-order valence-corrected chi connectivity index (χ0v) is 28.8. The van der Waals surface area contributed by atoms with Gasteiger partial charge in [-0.05, 0) is 86.3 Å². The van der Waals surface area contributed by atoms with Gasteiger partial charge in [0.15, 0.2) is 5.75 Å². The van der Waals surface area contributed by atoms with E-state index in [0.29, 0.717) is 46.6 Å². The molecule has 1 heterocycles. The summed E-state index contributed by atoms with van der Waals surface area (Å²) in [7, 11) is 5.79. The van der Waals surface area contributed by atoms with E-state index in [2.05, 4.69) is 10.3 Å². The lowest BCUT2D eigenvalue weighted by molar-refractivity contribution is -0.134. The molecular formula is C37H36ClN3O8. The van der Waals surface area contributed by atoms with Crippen LogP contribution >= 0.6 is 11.6 Å². The highest BCUT2D eigenvalue weighted by Crippen LogP contribution is 2.31. The third-order valence-corrected chi connectivity index (χ3v) is 7.82. The number of nitrogens with one attached hydrogen (secondary N) is 1. The van der Waals surface area contributed by atoms with Crippen molar-refractivity contribution in [1.82, 2.24) is 9.88 Å². The van der Waals surface area contributed by atoms with E-state index < -0.39 is 23.8 Å². The maximum Gasteiger partial charge on any atom is 0.337 e. The topological polar surface area (TPSA) is 141 Å². The molecule has 12 heteroatoms. The molecule has 2 amide bonds. The Labute approximate surface area is 289 Å². The summed E-state index contributed by atoms with van der Waals surface area (Å²) in [6, 6.07) is 18.0. The van der Waals surface area contributed by atoms with Crippen molar-refractivity contribution in [2.75, 3.05) is 33.6 Å². The average Bonchev–Trinajstić information content (AvgIpc) is 3.09. The Kier molecular flexibility index (Phi) is 11.9. The number of rotatable bonds is 11. The number of carbonyl (C=O) groups is 5. The largest absolute Gasteiger partial charge is 0.465 e. The number of ether oxygens (including phenoxy) is 3. The minimum absolute atomic E-state index is 0.0633. The molecule has 0 radical (unpaired) electrons. The van der Waals surface area contributed by atoms with Gasteiger partial charge in [0, 0.05) is 31.8 Å².